The predicted octanol–water partition coefficient (Wildman–Crippen LogP) is 2.34. The van der Waals surface area contributed by atoms with Gasteiger partial charge in [0.1, 0.15) is 12.4 Å². The topological polar surface area (TPSA) is 55.6 Å². The van der Waals surface area contributed by atoms with Crippen LogP contribution in [0.5, 0.6) is 5.75 Å². The highest BCUT2D eigenvalue weighted by Crippen LogP contribution is 2.16. The number of likely N-dealkylation sites (N-methyl/N-ethyl adjacent to an activating group) is 1. The Morgan fingerprint density at radius 3 is 2.84 bits per heavy atom. The molecule has 0 saturated heterocycles. The first-order valence-electron chi connectivity index (χ1n) is 5.96. The number of carbonyl (C=O) groups is 1. The van der Waals surface area contributed by atoms with Crippen LogP contribution in [0.4, 0.5) is 0 Å². The van der Waals surface area contributed by atoms with E-state index in [1.165, 1.54) is 0 Å². The summed E-state index contributed by atoms with van der Waals surface area (Å²) < 4.78 is 5.51. The zero-order valence-electron chi connectivity index (χ0n) is 11.0. The highest BCUT2D eigenvalue weighted by molar-refractivity contribution is 6.30. The van der Waals surface area contributed by atoms with E-state index >= 15 is 0 Å². The van der Waals surface area contributed by atoms with Gasteiger partial charge in [-0.3, -0.25) is 4.79 Å². The van der Waals surface area contributed by atoms with E-state index in [-0.39, 0.29) is 18.3 Å². The normalized spacial score (nSPS) is 9.63. The summed E-state index contributed by atoms with van der Waals surface area (Å²) in [7, 11) is 1.76. The summed E-state index contributed by atoms with van der Waals surface area (Å²) in [6.07, 6.45) is 1.21. The van der Waals surface area contributed by atoms with Crippen molar-refractivity contribution in [3.8, 4) is 5.75 Å². The third-order valence-corrected chi connectivity index (χ3v) is 2.75. The van der Waals surface area contributed by atoms with Crippen LogP contribution in [0.2, 0.25) is 5.02 Å². The van der Waals surface area contributed by atoms with Gasteiger partial charge in [-0.1, -0.05) is 17.7 Å². The molecule has 0 aliphatic rings. The molecule has 0 spiro atoms. The molecule has 0 radical (unpaired) electrons. The molecule has 0 atom stereocenters. The van der Waals surface area contributed by atoms with Crippen molar-refractivity contribution in [1.29, 1.82) is 0 Å². The van der Waals surface area contributed by atoms with Crippen molar-refractivity contribution in [2.45, 2.75) is 12.8 Å². The Morgan fingerprint density at radius 2 is 2.21 bits per heavy atom. The van der Waals surface area contributed by atoms with E-state index in [9.17, 15) is 4.79 Å². The van der Waals surface area contributed by atoms with Gasteiger partial charge in [0, 0.05) is 18.5 Å². The lowest BCUT2D eigenvalue weighted by Gasteiger charge is -2.17. The van der Waals surface area contributed by atoms with E-state index < -0.39 is 0 Å². The highest BCUT2D eigenvalue weighted by Gasteiger charge is 2.07. The zero-order valence-corrected chi connectivity index (χ0v) is 12.5. The molecule has 1 amide bonds. The number of carbonyl (C=O) groups excluding carboxylic acids is 1. The van der Waals surface area contributed by atoms with E-state index in [4.69, 9.17) is 22.1 Å². The molecular formula is C13H20Cl2N2O2. The smallest absolute Gasteiger partial charge is 0.222 e. The van der Waals surface area contributed by atoms with Gasteiger partial charge in [-0.05, 0) is 31.2 Å². The fourth-order valence-electron chi connectivity index (χ4n) is 1.43. The molecule has 0 bridgehead atoms. The minimum atomic E-state index is 0. The zero-order chi connectivity index (χ0) is 13.4. The van der Waals surface area contributed by atoms with Crippen molar-refractivity contribution in [2.75, 3.05) is 26.7 Å². The van der Waals surface area contributed by atoms with Crippen molar-refractivity contribution in [3.63, 3.8) is 0 Å². The van der Waals surface area contributed by atoms with Crippen molar-refractivity contribution < 1.29 is 9.53 Å². The summed E-state index contributed by atoms with van der Waals surface area (Å²) in [4.78, 5) is 13.2. The van der Waals surface area contributed by atoms with Crippen molar-refractivity contribution >= 4 is 29.9 Å². The molecule has 19 heavy (non-hydrogen) atoms. The quantitative estimate of drug-likeness (QED) is 0.841. The first-order chi connectivity index (χ1) is 8.63. The molecule has 0 unspecified atom stereocenters. The van der Waals surface area contributed by atoms with E-state index in [1.54, 1.807) is 24.1 Å². The van der Waals surface area contributed by atoms with Gasteiger partial charge in [0.25, 0.3) is 0 Å². The second-order valence-electron chi connectivity index (χ2n) is 4.01. The number of benzene rings is 1. The van der Waals surface area contributed by atoms with E-state index in [0.29, 0.717) is 36.9 Å². The van der Waals surface area contributed by atoms with Crippen LogP contribution in [0.25, 0.3) is 0 Å². The average Bonchev–Trinajstić information content (AvgIpc) is 2.35. The van der Waals surface area contributed by atoms with Crippen molar-refractivity contribution in [3.05, 3.63) is 29.3 Å². The van der Waals surface area contributed by atoms with E-state index in [1.807, 2.05) is 12.1 Å². The molecule has 1 aromatic carbocycles. The van der Waals surface area contributed by atoms with Crippen molar-refractivity contribution in [1.82, 2.24) is 4.90 Å². The number of ether oxygens (including phenoxy) is 1. The molecule has 4 nitrogen and oxygen atoms in total. The lowest BCUT2D eigenvalue weighted by Crippen LogP contribution is -2.31. The summed E-state index contributed by atoms with van der Waals surface area (Å²) in [5, 5.41) is 0.639. The second kappa shape index (κ2) is 9.89. The third-order valence-electron chi connectivity index (χ3n) is 2.51. The summed E-state index contributed by atoms with van der Waals surface area (Å²) in [5.74, 6) is 0.806. The Kier molecular flexibility index (Phi) is 9.39. The van der Waals surface area contributed by atoms with Gasteiger partial charge in [0.2, 0.25) is 5.91 Å². The highest BCUT2D eigenvalue weighted by atomic mass is 35.5. The number of hydrogen-bond donors (Lipinski definition) is 1. The SMILES string of the molecule is CN(CCOc1cccc(Cl)c1)C(=O)CCCN.Cl. The fraction of sp³-hybridized carbons (Fsp3) is 0.462. The van der Waals surface area contributed by atoms with Gasteiger partial charge >= 0.3 is 0 Å². The Labute approximate surface area is 125 Å². The summed E-state index contributed by atoms with van der Waals surface area (Å²) in [6.45, 7) is 1.54. The molecule has 0 aliphatic carbocycles. The molecular weight excluding hydrogens is 287 g/mol. The van der Waals surface area contributed by atoms with Crippen LogP contribution in [0.1, 0.15) is 12.8 Å². The standard InChI is InChI=1S/C13H19ClN2O2.ClH/c1-16(13(17)6-3-7-15)8-9-18-12-5-2-4-11(14)10-12;/h2,4-5,10H,3,6-9,15H2,1H3;1H. The lowest BCUT2D eigenvalue weighted by atomic mass is 10.3. The van der Waals surface area contributed by atoms with Gasteiger partial charge in [-0.15, -0.1) is 12.4 Å². The maximum atomic E-state index is 11.6. The third kappa shape index (κ3) is 7.25. The van der Waals surface area contributed by atoms with Crippen LogP contribution < -0.4 is 10.5 Å². The van der Waals surface area contributed by atoms with Crippen LogP contribution in [0, 0.1) is 0 Å². The van der Waals surface area contributed by atoms with E-state index in [2.05, 4.69) is 0 Å². The molecule has 0 saturated carbocycles. The summed E-state index contributed by atoms with van der Waals surface area (Å²) in [6, 6.07) is 7.20. The van der Waals surface area contributed by atoms with Crippen LogP contribution in [-0.2, 0) is 4.79 Å². The van der Waals surface area contributed by atoms with Gasteiger partial charge in [-0.25, -0.2) is 0 Å². The number of rotatable bonds is 7. The van der Waals surface area contributed by atoms with Gasteiger partial charge < -0.3 is 15.4 Å². The van der Waals surface area contributed by atoms with E-state index in [0.717, 1.165) is 6.42 Å². The Hall–Kier alpha value is -0.970. The van der Waals surface area contributed by atoms with Gasteiger partial charge in [-0.2, -0.15) is 0 Å². The fourth-order valence-corrected chi connectivity index (χ4v) is 1.61. The maximum Gasteiger partial charge on any atom is 0.222 e. The summed E-state index contributed by atoms with van der Waals surface area (Å²) >= 11 is 5.84. The van der Waals surface area contributed by atoms with Crippen LogP contribution in [0.15, 0.2) is 24.3 Å². The predicted molar refractivity (Wildman–Crippen MR) is 80.1 cm³/mol. The molecule has 1 rings (SSSR count). The van der Waals surface area contributed by atoms with Crippen LogP contribution in [-0.4, -0.2) is 37.6 Å². The van der Waals surface area contributed by atoms with Crippen LogP contribution in [0.3, 0.4) is 0 Å². The molecule has 108 valence electrons. The number of nitrogens with two attached hydrogens (primary N) is 1. The van der Waals surface area contributed by atoms with Gasteiger partial charge in [0.05, 0.1) is 6.54 Å². The first-order valence-corrected chi connectivity index (χ1v) is 6.33. The van der Waals surface area contributed by atoms with Gasteiger partial charge in [0.15, 0.2) is 0 Å². The minimum Gasteiger partial charge on any atom is -0.492 e. The Balaban J connectivity index is 0.00000324. The molecule has 0 fully saturated rings. The summed E-state index contributed by atoms with van der Waals surface area (Å²) in [5.41, 5.74) is 5.36. The molecule has 0 aliphatic heterocycles. The maximum absolute atomic E-state index is 11.6. The monoisotopic (exact) mass is 306 g/mol. The number of hydrogen-bond acceptors (Lipinski definition) is 3. The molecule has 2 N–H and O–H groups in total. The average molecular weight is 307 g/mol. The van der Waals surface area contributed by atoms with Crippen molar-refractivity contribution in [2.24, 2.45) is 5.73 Å². The number of amides is 1. The number of halogens is 2. The molecule has 0 heterocycles. The molecule has 1 aromatic rings. The minimum absolute atomic E-state index is 0. The second-order valence-corrected chi connectivity index (χ2v) is 4.45. The Bertz CT molecular complexity index is 389. The largest absolute Gasteiger partial charge is 0.492 e. The number of nitrogens with zero attached hydrogens (tertiary/aromatic N) is 1. The molecule has 0 aromatic heterocycles. The molecule has 6 heteroatoms. The van der Waals surface area contributed by atoms with Crippen LogP contribution >= 0.6 is 24.0 Å². The Morgan fingerprint density at radius 1 is 1.47 bits per heavy atom. The first kappa shape index (κ1) is 18.0. The lowest BCUT2D eigenvalue weighted by molar-refractivity contribution is -0.130.